The maximum absolute atomic E-state index is 12.3. The molecule has 0 aromatic heterocycles. The van der Waals surface area contributed by atoms with Crippen molar-refractivity contribution in [3.8, 4) is 0 Å². The SMILES string of the molecule is CCCCc1ccc(CC(C)CC(=O)N2CCNCC2)cc1. The van der Waals surface area contributed by atoms with Gasteiger partial charge in [-0.15, -0.1) is 0 Å². The second-order valence-corrected chi connectivity index (χ2v) is 6.56. The number of aryl methyl sites for hydroxylation is 1. The summed E-state index contributed by atoms with van der Waals surface area (Å²) in [5.41, 5.74) is 2.77. The molecule has 0 bridgehead atoms. The summed E-state index contributed by atoms with van der Waals surface area (Å²) in [5.74, 6) is 0.720. The summed E-state index contributed by atoms with van der Waals surface area (Å²) < 4.78 is 0. The number of rotatable bonds is 7. The lowest BCUT2D eigenvalue weighted by atomic mass is 9.96. The van der Waals surface area contributed by atoms with E-state index in [0.29, 0.717) is 18.2 Å². The Labute approximate surface area is 135 Å². The maximum atomic E-state index is 12.3. The highest BCUT2D eigenvalue weighted by Gasteiger charge is 2.18. The van der Waals surface area contributed by atoms with Crippen molar-refractivity contribution < 1.29 is 4.79 Å². The van der Waals surface area contributed by atoms with E-state index < -0.39 is 0 Å². The highest BCUT2D eigenvalue weighted by molar-refractivity contribution is 5.76. The van der Waals surface area contributed by atoms with E-state index >= 15 is 0 Å². The van der Waals surface area contributed by atoms with Crippen LogP contribution in [-0.4, -0.2) is 37.0 Å². The van der Waals surface area contributed by atoms with Crippen LogP contribution in [-0.2, 0) is 17.6 Å². The number of hydrogen-bond donors (Lipinski definition) is 1. The predicted molar refractivity (Wildman–Crippen MR) is 92.0 cm³/mol. The van der Waals surface area contributed by atoms with Gasteiger partial charge in [-0.05, 0) is 36.3 Å². The van der Waals surface area contributed by atoms with E-state index in [1.165, 1.54) is 30.4 Å². The first kappa shape index (κ1) is 17.0. The lowest BCUT2D eigenvalue weighted by Crippen LogP contribution is -2.46. The number of nitrogens with zero attached hydrogens (tertiary/aromatic N) is 1. The Hall–Kier alpha value is -1.35. The molecule has 1 fully saturated rings. The minimum atomic E-state index is 0.313. The predicted octanol–water partition coefficient (Wildman–Crippen LogP) is 3.03. The van der Waals surface area contributed by atoms with Gasteiger partial charge in [-0.2, -0.15) is 0 Å². The van der Waals surface area contributed by atoms with Crippen LogP contribution in [0.1, 0.15) is 44.2 Å². The number of piperazine rings is 1. The van der Waals surface area contributed by atoms with Crippen molar-refractivity contribution in [2.45, 2.75) is 46.0 Å². The first-order valence-electron chi connectivity index (χ1n) is 8.75. The molecule has 1 heterocycles. The third kappa shape index (κ3) is 5.45. The van der Waals surface area contributed by atoms with Gasteiger partial charge in [0.25, 0.3) is 0 Å². The molecule has 0 aliphatic carbocycles. The molecule has 1 aliphatic rings. The standard InChI is InChI=1S/C19H30N2O/c1-3-4-5-17-6-8-18(9-7-17)14-16(2)15-19(22)21-12-10-20-11-13-21/h6-9,16,20H,3-5,10-15H2,1-2H3. The second-order valence-electron chi connectivity index (χ2n) is 6.56. The molecule has 0 spiro atoms. The van der Waals surface area contributed by atoms with Crippen molar-refractivity contribution in [1.82, 2.24) is 10.2 Å². The van der Waals surface area contributed by atoms with E-state index in [1.54, 1.807) is 0 Å². The average molecular weight is 302 g/mol. The van der Waals surface area contributed by atoms with Gasteiger partial charge >= 0.3 is 0 Å². The van der Waals surface area contributed by atoms with Gasteiger partial charge in [-0.25, -0.2) is 0 Å². The molecule has 122 valence electrons. The smallest absolute Gasteiger partial charge is 0.222 e. The highest BCUT2D eigenvalue weighted by Crippen LogP contribution is 2.15. The van der Waals surface area contributed by atoms with Crippen LogP contribution >= 0.6 is 0 Å². The first-order valence-corrected chi connectivity index (χ1v) is 8.75. The summed E-state index contributed by atoms with van der Waals surface area (Å²) in [5, 5.41) is 3.29. The quantitative estimate of drug-likeness (QED) is 0.839. The van der Waals surface area contributed by atoms with Crippen molar-refractivity contribution in [3.63, 3.8) is 0 Å². The van der Waals surface area contributed by atoms with Crippen LogP contribution in [0.25, 0.3) is 0 Å². The lowest BCUT2D eigenvalue weighted by Gasteiger charge is -2.28. The van der Waals surface area contributed by atoms with Gasteiger partial charge < -0.3 is 10.2 Å². The fraction of sp³-hybridized carbons (Fsp3) is 0.632. The number of benzene rings is 1. The van der Waals surface area contributed by atoms with E-state index in [4.69, 9.17) is 0 Å². The molecule has 1 aromatic rings. The zero-order valence-electron chi connectivity index (χ0n) is 14.1. The highest BCUT2D eigenvalue weighted by atomic mass is 16.2. The Kier molecular flexibility index (Phi) is 6.91. The van der Waals surface area contributed by atoms with Gasteiger partial charge in [-0.3, -0.25) is 4.79 Å². The van der Waals surface area contributed by atoms with Crippen LogP contribution in [0.2, 0.25) is 0 Å². The number of hydrogen-bond acceptors (Lipinski definition) is 2. The molecular formula is C19H30N2O. The van der Waals surface area contributed by atoms with Crippen LogP contribution in [0.3, 0.4) is 0 Å². The van der Waals surface area contributed by atoms with E-state index in [-0.39, 0.29) is 0 Å². The number of amides is 1. The molecule has 2 rings (SSSR count). The molecule has 1 aromatic carbocycles. The fourth-order valence-corrected chi connectivity index (χ4v) is 3.04. The van der Waals surface area contributed by atoms with Crippen LogP contribution in [0.15, 0.2) is 24.3 Å². The number of carbonyl (C=O) groups excluding carboxylic acids is 1. The normalized spacial score (nSPS) is 16.5. The summed E-state index contributed by atoms with van der Waals surface area (Å²) >= 11 is 0. The molecule has 3 heteroatoms. The molecule has 1 amide bonds. The topological polar surface area (TPSA) is 32.3 Å². The molecule has 3 nitrogen and oxygen atoms in total. The van der Waals surface area contributed by atoms with E-state index in [9.17, 15) is 4.79 Å². The Morgan fingerprint density at radius 2 is 1.82 bits per heavy atom. The Morgan fingerprint density at radius 1 is 1.18 bits per heavy atom. The van der Waals surface area contributed by atoms with E-state index in [0.717, 1.165) is 32.6 Å². The van der Waals surface area contributed by atoms with Gasteiger partial charge in [0, 0.05) is 32.6 Å². The molecule has 0 saturated carbocycles. The van der Waals surface area contributed by atoms with Gasteiger partial charge in [0.2, 0.25) is 5.91 Å². The minimum absolute atomic E-state index is 0.313. The largest absolute Gasteiger partial charge is 0.340 e. The van der Waals surface area contributed by atoms with Gasteiger partial charge in [0.1, 0.15) is 0 Å². The van der Waals surface area contributed by atoms with Crippen LogP contribution in [0.4, 0.5) is 0 Å². The third-order valence-corrected chi connectivity index (χ3v) is 4.42. The van der Waals surface area contributed by atoms with Crippen molar-refractivity contribution >= 4 is 5.91 Å². The van der Waals surface area contributed by atoms with E-state index in [1.807, 2.05) is 4.90 Å². The van der Waals surface area contributed by atoms with Gasteiger partial charge in [0.05, 0.1) is 0 Å². The molecule has 22 heavy (non-hydrogen) atoms. The Bertz CT molecular complexity index is 449. The minimum Gasteiger partial charge on any atom is -0.340 e. The zero-order valence-corrected chi connectivity index (χ0v) is 14.1. The Balaban J connectivity index is 1.78. The van der Waals surface area contributed by atoms with Crippen molar-refractivity contribution in [1.29, 1.82) is 0 Å². The Morgan fingerprint density at radius 3 is 2.45 bits per heavy atom. The average Bonchev–Trinajstić information content (AvgIpc) is 2.55. The molecule has 0 radical (unpaired) electrons. The molecule has 1 saturated heterocycles. The van der Waals surface area contributed by atoms with Crippen LogP contribution < -0.4 is 5.32 Å². The first-order chi connectivity index (χ1) is 10.7. The molecular weight excluding hydrogens is 272 g/mol. The number of carbonyl (C=O) groups is 1. The van der Waals surface area contributed by atoms with Crippen molar-refractivity contribution in [2.24, 2.45) is 5.92 Å². The summed E-state index contributed by atoms with van der Waals surface area (Å²) in [7, 11) is 0. The summed E-state index contributed by atoms with van der Waals surface area (Å²) in [6, 6.07) is 8.96. The zero-order chi connectivity index (χ0) is 15.8. The van der Waals surface area contributed by atoms with E-state index in [2.05, 4.69) is 43.4 Å². The summed E-state index contributed by atoms with van der Waals surface area (Å²) in [4.78, 5) is 14.3. The molecule has 1 atom stereocenters. The molecule has 1 unspecified atom stereocenters. The second kappa shape index (κ2) is 8.94. The molecule has 1 N–H and O–H groups in total. The number of nitrogens with one attached hydrogen (secondary N) is 1. The van der Waals surface area contributed by atoms with Crippen LogP contribution in [0.5, 0.6) is 0 Å². The maximum Gasteiger partial charge on any atom is 0.222 e. The van der Waals surface area contributed by atoms with Gasteiger partial charge in [0.15, 0.2) is 0 Å². The van der Waals surface area contributed by atoms with Crippen molar-refractivity contribution in [2.75, 3.05) is 26.2 Å². The lowest BCUT2D eigenvalue weighted by molar-refractivity contribution is -0.132. The fourth-order valence-electron chi connectivity index (χ4n) is 3.04. The van der Waals surface area contributed by atoms with Gasteiger partial charge in [-0.1, -0.05) is 44.5 Å². The van der Waals surface area contributed by atoms with Crippen LogP contribution in [0, 0.1) is 5.92 Å². The summed E-state index contributed by atoms with van der Waals surface area (Å²) in [6.07, 6.45) is 5.33. The monoisotopic (exact) mass is 302 g/mol. The third-order valence-electron chi connectivity index (χ3n) is 4.42. The summed E-state index contributed by atoms with van der Waals surface area (Å²) in [6.45, 7) is 7.99. The molecule has 1 aliphatic heterocycles. The number of unbranched alkanes of at least 4 members (excludes halogenated alkanes) is 1. The van der Waals surface area contributed by atoms with Crippen molar-refractivity contribution in [3.05, 3.63) is 35.4 Å².